The van der Waals surface area contributed by atoms with Crippen molar-refractivity contribution in [3.63, 3.8) is 0 Å². The predicted molar refractivity (Wildman–Crippen MR) is 54.4 cm³/mol. The van der Waals surface area contributed by atoms with Crippen molar-refractivity contribution in [3.05, 3.63) is 29.3 Å². The Bertz CT molecular complexity index is 410. The third kappa shape index (κ3) is 2.39. The molecule has 3 N–H and O–H groups in total. The average molecular weight is 253 g/mol. The monoisotopic (exact) mass is 253 g/mol. The Morgan fingerprint density at radius 2 is 1.69 bits per heavy atom. The molecule has 88 valence electrons. The Hall–Kier alpha value is -1.41. The van der Waals surface area contributed by atoms with Gasteiger partial charge in [-0.1, -0.05) is 0 Å². The van der Waals surface area contributed by atoms with Crippen molar-refractivity contribution in [2.75, 3.05) is 12.4 Å². The zero-order chi connectivity index (χ0) is 12.5. The molecule has 16 heavy (non-hydrogen) atoms. The maximum atomic E-state index is 13.1. The highest BCUT2D eigenvalue weighted by molar-refractivity contribution is 7.80. The van der Waals surface area contributed by atoms with E-state index in [1.165, 1.54) is 7.05 Å². The first-order valence-corrected chi connectivity index (χ1v) is 4.37. The van der Waals surface area contributed by atoms with Crippen LogP contribution >= 0.6 is 12.2 Å². The van der Waals surface area contributed by atoms with Gasteiger partial charge >= 0.3 is 0 Å². The van der Waals surface area contributed by atoms with Gasteiger partial charge in [0, 0.05) is 13.1 Å². The summed E-state index contributed by atoms with van der Waals surface area (Å²) in [4.78, 5) is 0. The predicted octanol–water partition coefficient (Wildman–Crippen LogP) is 1.75. The van der Waals surface area contributed by atoms with Gasteiger partial charge in [0.05, 0.1) is 0 Å². The minimum absolute atomic E-state index is 0.102. The second-order valence-corrected chi connectivity index (χ2v) is 3.27. The van der Waals surface area contributed by atoms with Crippen LogP contribution < -0.4 is 11.2 Å². The number of thiocarbonyl (C=S) groups is 1. The fourth-order valence-electron chi connectivity index (χ4n) is 0.878. The first-order chi connectivity index (χ1) is 7.34. The molecule has 0 radical (unpaired) electrons. The van der Waals surface area contributed by atoms with E-state index in [1.807, 2.05) is 5.32 Å². The molecule has 0 saturated carbocycles. The molecular weight excluding hydrogens is 246 g/mol. The summed E-state index contributed by atoms with van der Waals surface area (Å²) >= 11 is 4.58. The SMILES string of the molecule is CN(N)C(=S)Nc1c(F)c(F)cc(F)c1F. The molecule has 0 spiro atoms. The first-order valence-electron chi connectivity index (χ1n) is 3.97. The third-order valence-corrected chi connectivity index (χ3v) is 2.05. The van der Waals surface area contributed by atoms with Gasteiger partial charge in [0.25, 0.3) is 0 Å². The van der Waals surface area contributed by atoms with Crippen LogP contribution in [0.25, 0.3) is 0 Å². The van der Waals surface area contributed by atoms with Crippen molar-refractivity contribution in [1.82, 2.24) is 5.01 Å². The highest BCUT2D eigenvalue weighted by atomic mass is 32.1. The van der Waals surface area contributed by atoms with E-state index in [-0.39, 0.29) is 11.2 Å². The number of hydrazine groups is 1. The van der Waals surface area contributed by atoms with Crippen molar-refractivity contribution < 1.29 is 17.6 Å². The Morgan fingerprint density at radius 1 is 1.25 bits per heavy atom. The van der Waals surface area contributed by atoms with Gasteiger partial charge in [-0.3, -0.25) is 5.01 Å². The largest absolute Gasteiger partial charge is 0.327 e. The van der Waals surface area contributed by atoms with Crippen LogP contribution in [0.5, 0.6) is 0 Å². The van der Waals surface area contributed by atoms with Crippen LogP contribution in [-0.2, 0) is 0 Å². The number of halogens is 4. The molecule has 3 nitrogen and oxygen atoms in total. The number of rotatable bonds is 1. The van der Waals surface area contributed by atoms with E-state index in [1.54, 1.807) is 0 Å². The first kappa shape index (κ1) is 12.7. The lowest BCUT2D eigenvalue weighted by atomic mass is 10.2. The van der Waals surface area contributed by atoms with Gasteiger partial charge < -0.3 is 5.32 Å². The summed E-state index contributed by atoms with van der Waals surface area (Å²) in [6, 6.07) is 0.102. The van der Waals surface area contributed by atoms with E-state index in [9.17, 15) is 17.6 Å². The van der Waals surface area contributed by atoms with E-state index in [2.05, 4.69) is 12.2 Å². The number of hydrogen-bond donors (Lipinski definition) is 2. The number of anilines is 1. The summed E-state index contributed by atoms with van der Waals surface area (Å²) in [5, 5.41) is 2.50. The second-order valence-electron chi connectivity index (χ2n) is 2.88. The minimum atomic E-state index is -1.57. The normalized spacial score (nSPS) is 10.1. The molecule has 0 aliphatic rings. The van der Waals surface area contributed by atoms with Gasteiger partial charge in [-0.05, 0) is 12.2 Å². The van der Waals surface area contributed by atoms with Gasteiger partial charge in [0.1, 0.15) is 5.69 Å². The van der Waals surface area contributed by atoms with Crippen LogP contribution in [0, 0.1) is 23.3 Å². The van der Waals surface area contributed by atoms with Crippen LogP contribution in [0.3, 0.4) is 0 Å². The van der Waals surface area contributed by atoms with Crippen molar-refractivity contribution in [2.24, 2.45) is 5.84 Å². The molecule has 1 aromatic rings. The van der Waals surface area contributed by atoms with Crippen molar-refractivity contribution >= 4 is 23.0 Å². The summed E-state index contributed by atoms with van der Waals surface area (Å²) in [5.41, 5.74) is -1.01. The molecule has 8 heteroatoms. The fourth-order valence-corrected chi connectivity index (χ4v) is 0.980. The van der Waals surface area contributed by atoms with E-state index in [0.29, 0.717) is 0 Å². The summed E-state index contributed by atoms with van der Waals surface area (Å²) in [7, 11) is 1.29. The second kappa shape index (κ2) is 4.62. The lowest BCUT2D eigenvalue weighted by Gasteiger charge is -2.16. The summed E-state index contributed by atoms with van der Waals surface area (Å²) in [5.74, 6) is -1.02. The van der Waals surface area contributed by atoms with Gasteiger partial charge in [-0.15, -0.1) is 0 Å². The molecule has 0 heterocycles. The Kier molecular flexibility index (Phi) is 3.66. The van der Waals surface area contributed by atoms with Crippen LogP contribution in [0.1, 0.15) is 0 Å². The van der Waals surface area contributed by atoms with Crippen LogP contribution in [-0.4, -0.2) is 17.2 Å². The van der Waals surface area contributed by atoms with Gasteiger partial charge in [-0.25, -0.2) is 23.4 Å². The highest BCUT2D eigenvalue weighted by Gasteiger charge is 2.20. The fraction of sp³-hybridized carbons (Fsp3) is 0.125. The lowest BCUT2D eigenvalue weighted by molar-refractivity contribution is 0.458. The molecule has 0 bridgehead atoms. The van der Waals surface area contributed by atoms with E-state index < -0.39 is 29.0 Å². The average Bonchev–Trinajstić information content (AvgIpc) is 2.21. The molecular formula is C8H7F4N3S. The van der Waals surface area contributed by atoms with Crippen LogP contribution in [0.4, 0.5) is 23.2 Å². The Morgan fingerprint density at radius 3 is 2.06 bits per heavy atom. The smallest absolute Gasteiger partial charge is 0.187 e. The molecule has 1 aromatic carbocycles. The third-order valence-electron chi connectivity index (χ3n) is 1.66. The lowest BCUT2D eigenvalue weighted by Crippen LogP contribution is -2.37. The highest BCUT2D eigenvalue weighted by Crippen LogP contribution is 2.24. The zero-order valence-electron chi connectivity index (χ0n) is 8.02. The molecule has 0 amide bonds. The number of benzene rings is 1. The molecule has 0 aromatic heterocycles. The summed E-state index contributed by atoms with van der Waals surface area (Å²) in [6.45, 7) is 0. The topological polar surface area (TPSA) is 41.3 Å². The molecule has 0 fully saturated rings. The number of nitrogens with zero attached hydrogens (tertiary/aromatic N) is 1. The van der Waals surface area contributed by atoms with Gasteiger partial charge in [0.15, 0.2) is 28.4 Å². The molecule has 0 aliphatic heterocycles. The maximum absolute atomic E-state index is 13.1. The molecule has 0 saturated heterocycles. The summed E-state index contributed by atoms with van der Waals surface area (Å²) < 4.78 is 51.7. The number of nitrogens with two attached hydrogens (primary N) is 1. The van der Waals surface area contributed by atoms with Crippen LogP contribution in [0.15, 0.2) is 6.07 Å². The van der Waals surface area contributed by atoms with Crippen molar-refractivity contribution in [1.29, 1.82) is 0 Å². The van der Waals surface area contributed by atoms with E-state index in [0.717, 1.165) is 5.01 Å². The Balaban J connectivity index is 3.18. The Labute approximate surface area is 93.8 Å². The quantitative estimate of drug-likeness (QED) is 0.263. The van der Waals surface area contributed by atoms with E-state index >= 15 is 0 Å². The molecule has 0 aliphatic carbocycles. The number of hydrogen-bond acceptors (Lipinski definition) is 2. The summed E-state index contributed by atoms with van der Waals surface area (Å²) in [6.07, 6.45) is 0. The van der Waals surface area contributed by atoms with Crippen molar-refractivity contribution in [2.45, 2.75) is 0 Å². The molecule has 1 rings (SSSR count). The molecule has 0 unspecified atom stereocenters. The van der Waals surface area contributed by atoms with Gasteiger partial charge in [0.2, 0.25) is 0 Å². The number of nitrogens with one attached hydrogen (secondary N) is 1. The minimum Gasteiger partial charge on any atom is -0.327 e. The van der Waals surface area contributed by atoms with Crippen LogP contribution in [0.2, 0.25) is 0 Å². The maximum Gasteiger partial charge on any atom is 0.187 e. The van der Waals surface area contributed by atoms with Crippen molar-refractivity contribution in [3.8, 4) is 0 Å². The van der Waals surface area contributed by atoms with Gasteiger partial charge in [-0.2, -0.15) is 0 Å². The zero-order valence-corrected chi connectivity index (χ0v) is 8.84. The molecule has 0 atom stereocenters. The standard InChI is InChI=1S/C8H7F4N3S/c1-15(13)8(16)14-7-5(11)3(9)2-4(10)6(7)12/h2H,13H2,1H3,(H,14,16). The van der Waals surface area contributed by atoms with E-state index in [4.69, 9.17) is 5.84 Å².